The summed E-state index contributed by atoms with van der Waals surface area (Å²) in [6.07, 6.45) is 8.63. The number of anilines is 3. The molecule has 2 saturated heterocycles. The number of hydrogen-bond donors (Lipinski definition) is 2. The van der Waals surface area contributed by atoms with E-state index in [0.29, 0.717) is 50.5 Å². The van der Waals surface area contributed by atoms with Gasteiger partial charge in [0.05, 0.1) is 11.4 Å². The Morgan fingerprint density at radius 1 is 1.10 bits per heavy atom. The number of nitrogens with one attached hydrogen (secondary N) is 1. The van der Waals surface area contributed by atoms with Crippen molar-refractivity contribution in [3.05, 3.63) is 46.7 Å². The molecule has 0 aliphatic carbocycles. The van der Waals surface area contributed by atoms with Gasteiger partial charge in [-0.2, -0.15) is 9.97 Å². The summed E-state index contributed by atoms with van der Waals surface area (Å²) in [7, 11) is 2.15. The third-order valence-corrected chi connectivity index (χ3v) is 8.49. The number of nitrogens with two attached hydrogens (primary N) is 1. The number of rotatable bonds is 7. The number of nitrogen functional groups attached to an aromatic ring is 1. The van der Waals surface area contributed by atoms with Crippen LogP contribution in [-0.2, 0) is 17.6 Å². The molecule has 214 valence electrons. The lowest BCUT2D eigenvalue weighted by Gasteiger charge is -2.36. The lowest BCUT2D eigenvalue weighted by Crippen LogP contribution is -2.49. The van der Waals surface area contributed by atoms with Crippen molar-refractivity contribution in [3.8, 4) is 6.01 Å². The second-order valence-electron chi connectivity index (χ2n) is 11.0. The molecule has 0 spiro atoms. The minimum absolute atomic E-state index is 0.0588. The van der Waals surface area contributed by atoms with E-state index in [1.54, 1.807) is 12.2 Å². The number of nitrogens with zero attached hydrogens (tertiary/aromatic N) is 6. The molecular weight excluding hydrogens is 504 g/mol. The summed E-state index contributed by atoms with van der Waals surface area (Å²) >= 11 is 0. The van der Waals surface area contributed by atoms with Crippen LogP contribution >= 0.6 is 0 Å². The van der Waals surface area contributed by atoms with Crippen molar-refractivity contribution in [2.24, 2.45) is 0 Å². The maximum atomic E-state index is 12.4. The van der Waals surface area contributed by atoms with E-state index in [9.17, 15) is 4.79 Å². The van der Waals surface area contributed by atoms with Crippen LogP contribution in [0, 0.1) is 12.3 Å². The molecule has 0 saturated carbocycles. The monoisotopic (exact) mass is 546 g/mol. The van der Waals surface area contributed by atoms with Crippen molar-refractivity contribution in [1.29, 1.82) is 5.41 Å². The Morgan fingerprint density at radius 3 is 2.58 bits per heavy atom. The van der Waals surface area contributed by atoms with E-state index in [0.717, 1.165) is 72.8 Å². The maximum Gasteiger partial charge on any atom is 0.318 e. The molecule has 3 N–H and O–H groups in total. The Morgan fingerprint density at radius 2 is 1.88 bits per heavy atom. The number of aromatic nitrogens is 2. The second kappa shape index (κ2) is 12.2. The number of fused-ring (bicyclic) bond motifs is 1. The van der Waals surface area contributed by atoms with Crippen LogP contribution in [0.3, 0.4) is 0 Å². The van der Waals surface area contributed by atoms with Crippen LogP contribution in [0.4, 0.5) is 17.2 Å². The van der Waals surface area contributed by atoms with Gasteiger partial charge in [0, 0.05) is 74.8 Å². The highest BCUT2D eigenvalue weighted by molar-refractivity contribution is 5.94. The minimum atomic E-state index is 0.0588. The molecular formula is C30H42N8O2. The third-order valence-electron chi connectivity index (χ3n) is 8.49. The van der Waals surface area contributed by atoms with Gasteiger partial charge in [0.1, 0.15) is 12.4 Å². The average Bonchev–Trinajstić information content (AvgIpc) is 3.26. The van der Waals surface area contributed by atoms with Crippen LogP contribution in [0.5, 0.6) is 6.01 Å². The Balaban J connectivity index is 1.42. The Kier molecular flexibility index (Phi) is 8.54. The standard InChI is InChI=1S/C30H42N8O2/c1-4-6-27(39)36-15-17-38(18-16-36)29-23-10-13-37(28-21(2)8-9-25(32)24(28)19-31)14-11-26(23)33-30(34-29)40-20-22-7-5-12-35(22)3/h4,6,8-9,19,22,31H,5,7,10-18,20,32H2,1-3H3/b6-4+,31-19?. The van der Waals surface area contributed by atoms with Crippen LogP contribution in [0.15, 0.2) is 24.3 Å². The summed E-state index contributed by atoms with van der Waals surface area (Å²) < 4.78 is 6.25. The summed E-state index contributed by atoms with van der Waals surface area (Å²) in [5, 5.41) is 8.01. The Hall–Kier alpha value is -3.66. The zero-order valence-electron chi connectivity index (χ0n) is 24.0. The first kappa shape index (κ1) is 27.9. The van der Waals surface area contributed by atoms with Crippen molar-refractivity contribution in [3.63, 3.8) is 0 Å². The number of allylic oxidation sites excluding steroid dienone is 1. The van der Waals surface area contributed by atoms with Crippen LogP contribution in [-0.4, -0.2) is 97.4 Å². The number of aryl methyl sites for hydroxylation is 1. The summed E-state index contributed by atoms with van der Waals surface area (Å²) in [5.74, 6) is 0.986. The molecule has 3 aliphatic heterocycles. The van der Waals surface area contributed by atoms with E-state index >= 15 is 0 Å². The highest BCUT2D eigenvalue weighted by atomic mass is 16.5. The van der Waals surface area contributed by atoms with E-state index in [-0.39, 0.29) is 5.91 Å². The summed E-state index contributed by atoms with van der Waals surface area (Å²) in [5.41, 5.74) is 12.0. The molecule has 2 fully saturated rings. The van der Waals surface area contributed by atoms with Gasteiger partial charge in [-0.1, -0.05) is 12.1 Å². The number of hydrogen-bond acceptors (Lipinski definition) is 9. The van der Waals surface area contributed by atoms with Crippen molar-refractivity contribution in [2.75, 3.05) is 75.0 Å². The fraction of sp³-hybridized carbons (Fsp3) is 0.533. The predicted octanol–water partition coefficient (Wildman–Crippen LogP) is 2.67. The highest BCUT2D eigenvalue weighted by Crippen LogP contribution is 2.33. The largest absolute Gasteiger partial charge is 0.462 e. The number of benzene rings is 1. The van der Waals surface area contributed by atoms with Crippen LogP contribution in [0.1, 0.15) is 42.1 Å². The van der Waals surface area contributed by atoms with Crippen LogP contribution < -0.4 is 20.3 Å². The quantitative estimate of drug-likeness (QED) is 0.310. The first-order valence-electron chi connectivity index (χ1n) is 14.4. The smallest absolute Gasteiger partial charge is 0.318 e. The van der Waals surface area contributed by atoms with Gasteiger partial charge in [0.15, 0.2) is 0 Å². The lowest BCUT2D eigenvalue weighted by molar-refractivity contribution is -0.126. The van der Waals surface area contributed by atoms with Crippen molar-refractivity contribution < 1.29 is 9.53 Å². The minimum Gasteiger partial charge on any atom is -0.462 e. The van der Waals surface area contributed by atoms with E-state index in [1.165, 1.54) is 12.6 Å². The molecule has 2 aromatic rings. The van der Waals surface area contributed by atoms with Crippen LogP contribution in [0.2, 0.25) is 0 Å². The normalized spacial score (nSPS) is 20.1. The fourth-order valence-corrected chi connectivity index (χ4v) is 6.16. The second-order valence-corrected chi connectivity index (χ2v) is 11.0. The Bertz CT molecular complexity index is 1270. The number of likely N-dealkylation sites (N-methyl/N-ethyl adjacent to an activating group) is 1. The van der Waals surface area contributed by atoms with Gasteiger partial charge in [0.25, 0.3) is 0 Å². The van der Waals surface area contributed by atoms with Crippen molar-refractivity contribution in [2.45, 2.75) is 45.6 Å². The van der Waals surface area contributed by atoms with E-state index < -0.39 is 0 Å². The summed E-state index contributed by atoms with van der Waals surface area (Å²) in [4.78, 5) is 31.2. The average molecular weight is 547 g/mol. The Labute approximate surface area is 237 Å². The van der Waals surface area contributed by atoms with E-state index in [4.69, 9.17) is 25.8 Å². The number of carbonyl (C=O) groups is 1. The molecule has 40 heavy (non-hydrogen) atoms. The first-order valence-corrected chi connectivity index (χ1v) is 14.4. The highest BCUT2D eigenvalue weighted by Gasteiger charge is 2.29. The van der Waals surface area contributed by atoms with Crippen molar-refractivity contribution in [1.82, 2.24) is 19.8 Å². The summed E-state index contributed by atoms with van der Waals surface area (Å²) in [6, 6.07) is 4.73. The van der Waals surface area contributed by atoms with Gasteiger partial charge in [-0.3, -0.25) is 4.79 Å². The number of amides is 1. The molecule has 4 heterocycles. The lowest BCUT2D eigenvalue weighted by atomic mass is 10.0. The molecule has 1 atom stereocenters. The molecule has 1 aromatic heterocycles. The molecule has 1 unspecified atom stereocenters. The summed E-state index contributed by atoms with van der Waals surface area (Å²) in [6.45, 7) is 9.91. The molecule has 0 radical (unpaired) electrons. The van der Waals surface area contributed by atoms with Crippen molar-refractivity contribution >= 4 is 29.3 Å². The first-order chi connectivity index (χ1) is 19.4. The third kappa shape index (κ3) is 5.77. The number of piperazine rings is 1. The molecule has 3 aliphatic rings. The van der Waals surface area contributed by atoms with Gasteiger partial charge < -0.3 is 35.5 Å². The molecule has 10 heteroatoms. The fourth-order valence-electron chi connectivity index (χ4n) is 6.16. The SMILES string of the molecule is C/C=C/C(=O)N1CCN(c2nc(OCC3CCCN3C)nc3c2CCN(c2c(C)ccc(N)c2C=N)CC3)CC1. The van der Waals surface area contributed by atoms with Crippen LogP contribution in [0.25, 0.3) is 0 Å². The zero-order chi connectivity index (χ0) is 28.2. The zero-order valence-corrected chi connectivity index (χ0v) is 24.0. The van der Waals surface area contributed by atoms with Gasteiger partial charge >= 0.3 is 6.01 Å². The van der Waals surface area contributed by atoms with Gasteiger partial charge in [-0.25, -0.2) is 0 Å². The van der Waals surface area contributed by atoms with Gasteiger partial charge in [0.2, 0.25) is 5.91 Å². The molecule has 1 amide bonds. The molecule has 0 bridgehead atoms. The van der Waals surface area contributed by atoms with E-state index in [2.05, 4.69) is 28.7 Å². The maximum absolute atomic E-state index is 12.4. The molecule has 10 nitrogen and oxygen atoms in total. The van der Waals surface area contributed by atoms with Gasteiger partial charge in [-0.15, -0.1) is 0 Å². The molecule has 1 aromatic carbocycles. The predicted molar refractivity (Wildman–Crippen MR) is 160 cm³/mol. The van der Waals surface area contributed by atoms with Gasteiger partial charge in [-0.05, 0) is 64.4 Å². The molecule has 5 rings (SSSR count). The number of ether oxygens (including phenoxy) is 1. The topological polar surface area (TPSA) is 115 Å². The number of carbonyl (C=O) groups excluding carboxylic acids is 1. The van der Waals surface area contributed by atoms with E-state index in [1.807, 2.05) is 24.0 Å². The number of likely N-dealkylation sites (tertiary alicyclic amines) is 1.